The van der Waals surface area contributed by atoms with Gasteiger partial charge >= 0.3 is 0 Å². The molecule has 2 aromatic carbocycles. The van der Waals surface area contributed by atoms with Crippen LogP contribution in [0.5, 0.6) is 0 Å². The number of amides is 1. The van der Waals surface area contributed by atoms with Crippen molar-refractivity contribution >= 4 is 55.8 Å². The number of anilines is 1. The summed E-state index contributed by atoms with van der Waals surface area (Å²) >= 11 is 13.8. The highest BCUT2D eigenvalue weighted by atomic mass is 35.5. The van der Waals surface area contributed by atoms with Crippen molar-refractivity contribution in [1.29, 1.82) is 0 Å². The van der Waals surface area contributed by atoms with Gasteiger partial charge in [-0.05, 0) is 76.3 Å². The lowest BCUT2D eigenvalue weighted by atomic mass is 10.1. The van der Waals surface area contributed by atoms with Crippen LogP contribution < -0.4 is 4.90 Å². The summed E-state index contributed by atoms with van der Waals surface area (Å²) in [5.41, 5.74) is 3.69. The van der Waals surface area contributed by atoms with Gasteiger partial charge in [0.1, 0.15) is 0 Å². The molecule has 28 heavy (non-hydrogen) atoms. The Kier molecular flexibility index (Phi) is 6.61. The summed E-state index contributed by atoms with van der Waals surface area (Å²) in [5, 5.41) is 1.55. The van der Waals surface area contributed by atoms with E-state index in [0.29, 0.717) is 27.3 Å². The molecule has 1 aromatic heterocycles. The Morgan fingerprint density at radius 1 is 1.11 bits per heavy atom. The SMILES string of the molecule is Cc1cc(C)c2sc(N(CCCN(C)C)C(=O)c3ccc(Cl)cc3Cl)nc2c1. The molecule has 0 aliphatic heterocycles. The first kappa shape index (κ1) is 21.1. The smallest absolute Gasteiger partial charge is 0.261 e. The largest absolute Gasteiger partial charge is 0.309 e. The van der Waals surface area contributed by atoms with Gasteiger partial charge < -0.3 is 4.90 Å². The summed E-state index contributed by atoms with van der Waals surface area (Å²) in [4.78, 5) is 21.9. The number of hydrogen-bond donors (Lipinski definition) is 0. The number of fused-ring (bicyclic) bond motifs is 1. The molecule has 0 atom stereocenters. The van der Waals surface area contributed by atoms with Gasteiger partial charge in [0.05, 0.1) is 20.8 Å². The van der Waals surface area contributed by atoms with Gasteiger partial charge in [-0.1, -0.05) is 40.6 Å². The van der Waals surface area contributed by atoms with Gasteiger partial charge in [0.25, 0.3) is 5.91 Å². The number of halogens is 2. The van der Waals surface area contributed by atoms with Gasteiger partial charge in [0.15, 0.2) is 5.13 Å². The van der Waals surface area contributed by atoms with E-state index in [9.17, 15) is 4.79 Å². The molecule has 0 radical (unpaired) electrons. The van der Waals surface area contributed by atoms with Crippen molar-refractivity contribution < 1.29 is 4.79 Å². The number of aromatic nitrogens is 1. The minimum Gasteiger partial charge on any atom is -0.309 e. The maximum atomic E-state index is 13.3. The first-order valence-corrected chi connectivity index (χ1v) is 10.6. The standard InChI is InChI=1S/C21H23Cl2N3OS/c1-13-10-14(2)19-18(11-13)24-21(28-19)26(9-5-8-25(3)4)20(27)16-7-6-15(22)12-17(16)23/h6-7,10-12H,5,8-9H2,1-4H3. The normalized spacial score (nSPS) is 11.4. The van der Waals surface area contributed by atoms with Crippen molar-refractivity contribution in [3.63, 3.8) is 0 Å². The molecule has 0 aliphatic rings. The number of hydrogen-bond acceptors (Lipinski definition) is 4. The lowest BCUT2D eigenvalue weighted by molar-refractivity contribution is 0.0986. The number of carbonyl (C=O) groups excluding carboxylic acids is 1. The van der Waals surface area contributed by atoms with Gasteiger partial charge in [-0.2, -0.15) is 0 Å². The topological polar surface area (TPSA) is 36.4 Å². The third-order valence-corrected chi connectivity index (χ3v) is 6.21. The third kappa shape index (κ3) is 4.66. The van der Waals surface area contributed by atoms with Crippen LogP contribution in [0, 0.1) is 13.8 Å². The molecular weight excluding hydrogens is 413 g/mol. The number of thiazole rings is 1. The predicted molar refractivity (Wildman–Crippen MR) is 120 cm³/mol. The van der Waals surface area contributed by atoms with E-state index in [1.165, 1.54) is 5.56 Å². The van der Waals surface area contributed by atoms with Crippen LogP contribution in [0.1, 0.15) is 27.9 Å². The number of aryl methyl sites for hydroxylation is 2. The highest BCUT2D eigenvalue weighted by molar-refractivity contribution is 7.22. The Labute approximate surface area is 179 Å². The summed E-state index contributed by atoms with van der Waals surface area (Å²) in [6, 6.07) is 9.15. The van der Waals surface area contributed by atoms with Gasteiger partial charge in [-0.15, -0.1) is 0 Å². The van der Waals surface area contributed by atoms with E-state index in [1.54, 1.807) is 34.4 Å². The van der Waals surface area contributed by atoms with E-state index in [-0.39, 0.29) is 5.91 Å². The predicted octanol–water partition coefficient (Wildman–Crippen LogP) is 5.82. The van der Waals surface area contributed by atoms with Gasteiger partial charge in [0, 0.05) is 11.6 Å². The molecular formula is C21H23Cl2N3OS. The molecule has 1 amide bonds. The van der Waals surface area contributed by atoms with Crippen LogP contribution in [-0.2, 0) is 0 Å². The molecule has 3 aromatic rings. The fourth-order valence-electron chi connectivity index (χ4n) is 3.12. The van der Waals surface area contributed by atoms with Crippen LogP contribution in [0.15, 0.2) is 30.3 Å². The fraction of sp³-hybridized carbons (Fsp3) is 0.333. The maximum Gasteiger partial charge on any atom is 0.261 e. The molecule has 0 aliphatic carbocycles. The quantitative estimate of drug-likeness (QED) is 0.489. The molecule has 4 nitrogen and oxygen atoms in total. The minimum absolute atomic E-state index is 0.158. The number of benzene rings is 2. The summed E-state index contributed by atoms with van der Waals surface area (Å²) in [6.45, 7) is 5.57. The zero-order chi connectivity index (χ0) is 20.4. The summed E-state index contributed by atoms with van der Waals surface area (Å²) in [7, 11) is 4.04. The molecule has 0 N–H and O–H groups in total. The number of rotatable bonds is 6. The van der Waals surface area contributed by atoms with Crippen molar-refractivity contribution in [1.82, 2.24) is 9.88 Å². The van der Waals surface area contributed by atoms with Crippen molar-refractivity contribution in [2.45, 2.75) is 20.3 Å². The molecule has 0 unspecified atom stereocenters. The maximum absolute atomic E-state index is 13.3. The van der Waals surface area contributed by atoms with E-state index in [2.05, 4.69) is 30.9 Å². The average molecular weight is 436 g/mol. The molecule has 0 saturated heterocycles. The second-order valence-electron chi connectivity index (χ2n) is 7.16. The van der Waals surface area contributed by atoms with Crippen LogP contribution in [0.2, 0.25) is 10.0 Å². The Morgan fingerprint density at radius 2 is 1.86 bits per heavy atom. The number of carbonyl (C=O) groups is 1. The molecule has 3 rings (SSSR count). The van der Waals surface area contributed by atoms with Crippen molar-refractivity contribution in [2.75, 3.05) is 32.1 Å². The van der Waals surface area contributed by atoms with Crippen LogP contribution in [0.25, 0.3) is 10.2 Å². The summed E-state index contributed by atoms with van der Waals surface area (Å²) in [6.07, 6.45) is 0.831. The monoisotopic (exact) mass is 435 g/mol. The third-order valence-electron chi connectivity index (χ3n) is 4.43. The Hall–Kier alpha value is -1.66. The van der Waals surface area contributed by atoms with Crippen molar-refractivity contribution in [3.05, 3.63) is 57.1 Å². The van der Waals surface area contributed by atoms with E-state index in [1.807, 2.05) is 14.1 Å². The molecule has 0 bridgehead atoms. The highest BCUT2D eigenvalue weighted by Gasteiger charge is 2.23. The molecule has 7 heteroatoms. The fourth-order valence-corrected chi connectivity index (χ4v) is 4.65. The van der Waals surface area contributed by atoms with E-state index < -0.39 is 0 Å². The zero-order valence-corrected chi connectivity index (χ0v) is 18.8. The van der Waals surface area contributed by atoms with Gasteiger partial charge in [-0.3, -0.25) is 9.69 Å². The van der Waals surface area contributed by atoms with E-state index >= 15 is 0 Å². The van der Waals surface area contributed by atoms with Crippen LogP contribution in [0.4, 0.5) is 5.13 Å². The Bertz CT molecular complexity index is 1020. The van der Waals surface area contributed by atoms with Crippen molar-refractivity contribution in [2.24, 2.45) is 0 Å². The van der Waals surface area contributed by atoms with Crippen LogP contribution in [0.3, 0.4) is 0 Å². The van der Waals surface area contributed by atoms with E-state index in [0.717, 1.165) is 28.7 Å². The molecule has 0 fully saturated rings. The van der Waals surface area contributed by atoms with E-state index in [4.69, 9.17) is 28.2 Å². The van der Waals surface area contributed by atoms with Crippen molar-refractivity contribution in [3.8, 4) is 0 Å². The van der Waals surface area contributed by atoms with Gasteiger partial charge in [-0.25, -0.2) is 4.98 Å². The van der Waals surface area contributed by atoms with Crippen LogP contribution in [-0.4, -0.2) is 43.0 Å². The average Bonchev–Trinajstić information content (AvgIpc) is 3.02. The highest BCUT2D eigenvalue weighted by Crippen LogP contribution is 2.33. The summed E-state index contributed by atoms with van der Waals surface area (Å²) < 4.78 is 1.10. The second kappa shape index (κ2) is 8.78. The molecule has 0 saturated carbocycles. The lowest BCUT2D eigenvalue weighted by Crippen LogP contribution is -2.33. The zero-order valence-electron chi connectivity index (χ0n) is 16.4. The Morgan fingerprint density at radius 3 is 2.54 bits per heavy atom. The first-order chi connectivity index (χ1) is 13.3. The molecule has 0 spiro atoms. The molecule has 148 valence electrons. The summed E-state index contributed by atoms with van der Waals surface area (Å²) in [5.74, 6) is -0.158. The second-order valence-corrected chi connectivity index (χ2v) is 8.99. The molecule has 1 heterocycles. The van der Waals surface area contributed by atoms with Crippen LogP contribution >= 0.6 is 34.5 Å². The number of nitrogens with zero attached hydrogens (tertiary/aromatic N) is 3. The first-order valence-electron chi connectivity index (χ1n) is 9.05. The minimum atomic E-state index is -0.158. The Balaban J connectivity index is 2.01. The van der Waals surface area contributed by atoms with Gasteiger partial charge in [0.2, 0.25) is 0 Å². The lowest BCUT2D eigenvalue weighted by Gasteiger charge is -2.21.